The zero-order chi connectivity index (χ0) is 19.7. The van der Waals surface area contributed by atoms with Crippen LogP contribution in [0, 0.1) is 13.0 Å². The van der Waals surface area contributed by atoms with Gasteiger partial charge in [0.2, 0.25) is 0 Å². The predicted molar refractivity (Wildman–Crippen MR) is 103 cm³/mol. The number of likely N-dealkylation sites (N-methyl/N-ethyl adjacent to an activating group) is 1. The molecule has 8 heteroatoms. The van der Waals surface area contributed by atoms with Crippen LogP contribution < -0.4 is 10.5 Å². The fourth-order valence-electron chi connectivity index (χ4n) is 3.43. The number of fused-ring (bicyclic) bond motifs is 1. The molecule has 7 nitrogen and oxygen atoms in total. The van der Waals surface area contributed by atoms with E-state index < -0.39 is 6.08 Å². The van der Waals surface area contributed by atoms with Crippen LogP contribution in [0.25, 0.3) is 11.3 Å². The van der Waals surface area contributed by atoms with Crippen molar-refractivity contribution in [2.45, 2.75) is 26.5 Å². The number of aryl methyl sites for hydroxylation is 1. The maximum Gasteiger partial charge on any atom is 0.308 e. The van der Waals surface area contributed by atoms with Crippen LogP contribution in [0.15, 0.2) is 30.6 Å². The van der Waals surface area contributed by atoms with E-state index >= 15 is 0 Å². The first-order valence-corrected chi connectivity index (χ1v) is 9.03. The molecule has 144 valence electrons. The smallest absolute Gasteiger partial charge is 0.308 e. The van der Waals surface area contributed by atoms with Gasteiger partial charge in [-0.05, 0) is 55.3 Å². The molecule has 0 unspecified atom stereocenters. The van der Waals surface area contributed by atoms with Gasteiger partial charge in [0.05, 0.1) is 17.6 Å². The standard InChI is InChI=1S/C20H21FN6O/c1-12-7-13(8-14-10-27(2)6-4-16(12)14)17-9-24-18(22)19(26-17)28-11-15-3-5-23-20(21)25-15/h3,5,7-9H,4,6,10-11H2,1-2H3,(H2,22,24). The Morgan fingerprint density at radius 3 is 2.93 bits per heavy atom. The van der Waals surface area contributed by atoms with Crippen LogP contribution in [-0.2, 0) is 19.6 Å². The lowest BCUT2D eigenvalue weighted by Crippen LogP contribution is -2.27. The zero-order valence-corrected chi connectivity index (χ0v) is 15.8. The number of aromatic nitrogens is 4. The zero-order valence-electron chi connectivity index (χ0n) is 15.8. The SMILES string of the molecule is Cc1cc(-c2cnc(N)c(OCc3ccnc(F)n3)n2)cc2c1CCN(C)C2. The first-order valence-electron chi connectivity index (χ1n) is 9.03. The number of benzene rings is 1. The summed E-state index contributed by atoms with van der Waals surface area (Å²) < 4.78 is 18.8. The third-order valence-corrected chi connectivity index (χ3v) is 4.85. The molecule has 3 aromatic rings. The number of nitrogen functional groups attached to an aromatic ring is 1. The molecular weight excluding hydrogens is 359 g/mol. The Morgan fingerprint density at radius 2 is 2.11 bits per heavy atom. The molecule has 0 bridgehead atoms. The monoisotopic (exact) mass is 380 g/mol. The van der Waals surface area contributed by atoms with Gasteiger partial charge in [0.15, 0.2) is 5.82 Å². The highest BCUT2D eigenvalue weighted by Gasteiger charge is 2.17. The number of ether oxygens (including phenoxy) is 1. The van der Waals surface area contributed by atoms with Crippen molar-refractivity contribution in [3.05, 3.63) is 59.1 Å². The van der Waals surface area contributed by atoms with Crippen LogP contribution in [0.5, 0.6) is 5.88 Å². The number of nitrogens with zero attached hydrogens (tertiary/aromatic N) is 5. The fourth-order valence-corrected chi connectivity index (χ4v) is 3.43. The summed E-state index contributed by atoms with van der Waals surface area (Å²) in [7, 11) is 2.12. The Kier molecular flexibility index (Phi) is 4.87. The van der Waals surface area contributed by atoms with E-state index in [1.165, 1.54) is 22.9 Å². The van der Waals surface area contributed by atoms with Gasteiger partial charge in [-0.1, -0.05) is 0 Å². The molecule has 0 saturated heterocycles. The number of hydrogen-bond acceptors (Lipinski definition) is 7. The van der Waals surface area contributed by atoms with Crippen LogP contribution in [0.2, 0.25) is 0 Å². The molecule has 1 aliphatic rings. The summed E-state index contributed by atoms with van der Waals surface area (Å²) in [5.41, 5.74) is 11.9. The van der Waals surface area contributed by atoms with Gasteiger partial charge in [-0.25, -0.2) is 19.9 Å². The number of hydrogen-bond donors (Lipinski definition) is 1. The van der Waals surface area contributed by atoms with Gasteiger partial charge in [-0.3, -0.25) is 0 Å². The molecule has 0 saturated carbocycles. The minimum atomic E-state index is -0.802. The summed E-state index contributed by atoms with van der Waals surface area (Å²) in [6, 6.07) is 5.84. The third-order valence-electron chi connectivity index (χ3n) is 4.85. The average molecular weight is 380 g/mol. The van der Waals surface area contributed by atoms with E-state index in [1.807, 2.05) is 0 Å². The van der Waals surface area contributed by atoms with Crippen LogP contribution in [-0.4, -0.2) is 38.4 Å². The summed E-state index contributed by atoms with van der Waals surface area (Å²) in [4.78, 5) is 18.1. The van der Waals surface area contributed by atoms with Crippen LogP contribution in [0.3, 0.4) is 0 Å². The Bertz CT molecular complexity index is 1030. The molecular formula is C20H21FN6O. The van der Waals surface area contributed by atoms with E-state index in [1.54, 1.807) is 12.3 Å². The van der Waals surface area contributed by atoms with Crippen LogP contribution in [0.1, 0.15) is 22.4 Å². The molecule has 0 spiro atoms. The predicted octanol–water partition coefficient (Wildman–Crippen LogP) is 2.53. The van der Waals surface area contributed by atoms with Gasteiger partial charge in [0, 0.05) is 24.8 Å². The van der Waals surface area contributed by atoms with Gasteiger partial charge < -0.3 is 15.4 Å². The average Bonchev–Trinajstić information content (AvgIpc) is 2.67. The van der Waals surface area contributed by atoms with Crippen molar-refractivity contribution in [1.29, 1.82) is 0 Å². The van der Waals surface area contributed by atoms with Gasteiger partial charge in [0.25, 0.3) is 5.88 Å². The van der Waals surface area contributed by atoms with Crippen molar-refractivity contribution in [1.82, 2.24) is 24.8 Å². The van der Waals surface area contributed by atoms with E-state index in [2.05, 4.69) is 50.9 Å². The number of anilines is 1. The minimum Gasteiger partial charge on any atom is -0.469 e. The first-order chi connectivity index (χ1) is 13.5. The van der Waals surface area contributed by atoms with E-state index in [0.717, 1.165) is 25.1 Å². The Morgan fingerprint density at radius 1 is 1.25 bits per heavy atom. The quantitative estimate of drug-likeness (QED) is 0.696. The molecule has 2 N–H and O–H groups in total. The topological polar surface area (TPSA) is 90.0 Å². The van der Waals surface area contributed by atoms with Crippen LogP contribution >= 0.6 is 0 Å². The largest absolute Gasteiger partial charge is 0.469 e. The number of halogens is 1. The molecule has 0 radical (unpaired) electrons. The molecule has 28 heavy (non-hydrogen) atoms. The highest BCUT2D eigenvalue weighted by molar-refractivity contribution is 5.64. The lowest BCUT2D eigenvalue weighted by atomic mass is 9.92. The molecule has 0 fully saturated rings. The van der Waals surface area contributed by atoms with Crippen molar-refractivity contribution in [2.75, 3.05) is 19.3 Å². The van der Waals surface area contributed by atoms with Gasteiger partial charge >= 0.3 is 6.08 Å². The Hall–Kier alpha value is -3.13. The highest BCUT2D eigenvalue weighted by atomic mass is 19.1. The van der Waals surface area contributed by atoms with Crippen molar-refractivity contribution >= 4 is 5.82 Å². The highest BCUT2D eigenvalue weighted by Crippen LogP contribution is 2.29. The molecule has 4 rings (SSSR count). The molecule has 3 heterocycles. The normalized spacial score (nSPS) is 14.0. The third kappa shape index (κ3) is 3.77. The maximum absolute atomic E-state index is 13.1. The number of nitrogens with two attached hydrogens (primary N) is 1. The van der Waals surface area contributed by atoms with E-state index in [-0.39, 0.29) is 18.3 Å². The van der Waals surface area contributed by atoms with E-state index in [4.69, 9.17) is 10.5 Å². The Balaban J connectivity index is 1.62. The molecule has 1 aliphatic heterocycles. The second-order valence-electron chi connectivity index (χ2n) is 6.97. The van der Waals surface area contributed by atoms with Gasteiger partial charge in [0.1, 0.15) is 6.61 Å². The maximum atomic E-state index is 13.1. The van der Waals surface area contributed by atoms with Crippen molar-refractivity contribution < 1.29 is 9.13 Å². The summed E-state index contributed by atoms with van der Waals surface area (Å²) >= 11 is 0. The Labute approximate surface area is 162 Å². The summed E-state index contributed by atoms with van der Waals surface area (Å²) in [5.74, 6) is 0.372. The number of rotatable bonds is 4. The molecule has 1 aromatic carbocycles. The summed E-state index contributed by atoms with van der Waals surface area (Å²) in [6.45, 7) is 4.13. The van der Waals surface area contributed by atoms with Crippen LogP contribution in [0.4, 0.5) is 10.2 Å². The van der Waals surface area contributed by atoms with Crippen molar-refractivity contribution in [3.63, 3.8) is 0 Å². The second-order valence-corrected chi connectivity index (χ2v) is 6.97. The first kappa shape index (κ1) is 18.2. The molecule has 0 atom stereocenters. The van der Waals surface area contributed by atoms with Crippen molar-refractivity contribution in [3.8, 4) is 17.1 Å². The van der Waals surface area contributed by atoms with Crippen molar-refractivity contribution in [2.24, 2.45) is 0 Å². The fraction of sp³-hybridized carbons (Fsp3) is 0.300. The summed E-state index contributed by atoms with van der Waals surface area (Å²) in [5, 5.41) is 0. The van der Waals surface area contributed by atoms with Gasteiger partial charge in [-0.15, -0.1) is 0 Å². The summed E-state index contributed by atoms with van der Waals surface area (Å²) in [6.07, 6.45) is 3.22. The lowest BCUT2D eigenvalue weighted by molar-refractivity contribution is 0.287. The molecule has 2 aromatic heterocycles. The second kappa shape index (κ2) is 7.47. The van der Waals surface area contributed by atoms with Gasteiger partial charge in [-0.2, -0.15) is 4.39 Å². The minimum absolute atomic E-state index is 0.0236. The lowest BCUT2D eigenvalue weighted by Gasteiger charge is -2.27. The molecule has 0 aliphatic carbocycles. The van der Waals surface area contributed by atoms with E-state index in [9.17, 15) is 4.39 Å². The van der Waals surface area contributed by atoms with E-state index in [0.29, 0.717) is 11.4 Å². The molecule has 0 amide bonds.